The summed E-state index contributed by atoms with van der Waals surface area (Å²) in [7, 11) is 3.13. The van der Waals surface area contributed by atoms with Gasteiger partial charge in [-0.05, 0) is 53.9 Å². The number of fused-ring (bicyclic) bond motifs is 1. The first-order valence-corrected chi connectivity index (χ1v) is 10.9. The van der Waals surface area contributed by atoms with Gasteiger partial charge in [0.15, 0.2) is 11.5 Å². The summed E-state index contributed by atoms with van der Waals surface area (Å²) in [5.41, 5.74) is 8.16. The van der Waals surface area contributed by atoms with Gasteiger partial charge in [0.1, 0.15) is 5.00 Å². The Kier molecular flexibility index (Phi) is 6.41. The van der Waals surface area contributed by atoms with Gasteiger partial charge >= 0.3 is 0 Å². The monoisotopic (exact) mass is 430 g/mol. The van der Waals surface area contributed by atoms with Crippen molar-refractivity contribution in [3.05, 3.63) is 39.8 Å². The average molecular weight is 431 g/mol. The van der Waals surface area contributed by atoms with E-state index in [2.05, 4.69) is 26.1 Å². The highest BCUT2D eigenvalue weighted by Crippen LogP contribution is 2.44. The average Bonchev–Trinajstić information content (AvgIpc) is 3.04. The number of carbonyl (C=O) groups is 2. The predicted octanol–water partition coefficient (Wildman–Crippen LogP) is 4.20. The molecule has 3 N–H and O–H groups in total. The van der Waals surface area contributed by atoms with Crippen molar-refractivity contribution in [3.63, 3.8) is 0 Å². The highest BCUT2D eigenvalue weighted by molar-refractivity contribution is 7.17. The smallest absolute Gasteiger partial charge is 0.251 e. The summed E-state index contributed by atoms with van der Waals surface area (Å²) >= 11 is 1.49. The van der Waals surface area contributed by atoms with Crippen LogP contribution in [0.2, 0.25) is 0 Å². The summed E-state index contributed by atoms with van der Waals surface area (Å²) in [6.45, 7) is 6.74. The molecule has 0 bridgehead atoms. The van der Waals surface area contributed by atoms with Gasteiger partial charge in [-0.25, -0.2) is 0 Å². The minimum Gasteiger partial charge on any atom is -0.493 e. The number of anilines is 1. The summed E-state index contributed by atoms with van der Waals surface area (Å²) in [5.74, 6) is 1.04. The zero-order valence-electron chi connectivity index (χ0n) is 18.3. The molecule has 1 unspecified atom stereocenters. The molecule has 30 heavy (non-hydrogen) atoms. The van der Waals surface area contributed by atoms with E-state index in [9.17, 15) is 9.59 Å². The van der Waals surface area contributed by atoms with E-state index < -0.39 is 5.91 Å². The molecule has 1 aromatic carbocycles. The number of rotatable bonds is 6. The van der Waals surface area contributed by atoms with E-state index in [1.54, 1.807) is 26.4 Å². The van der Waals surface area contributed by atoms with Gasteiger partial charge in [0.25, 0.3) is 5.91 Å². The van der Waals surface area contributed by atoms with Crippen LogP contribution in [0, 0.1) is 11.3 Å². The first-order chi connectivity index (χ1) is 14.1. The fourth-order valence-electron chi connectivity index (χ4n) is 4.02. The Morgan fingerprint density at radius 3 is 2.50 bits per heavy atom. The van der Waals surface area contributed by atoms with E-state index in [4.69, 9.17) is 15.2 Å². The van der Waals surface area contributed by atoms with E-state index in [0.29, 0.717) is 28.0 Å². The van der Waals surface area contributed by atoms with Crippen LogP contribution in [-0.2, 0) is 24.1 Å². The molecule has 6 nitrogen and oxygen atoms in total. The molecule has 0 radical (unpaired) electrons. The lowest BCUT2D eigenvalue weighted by atomic mass is 9.72. The zero-order valence-corrected chi connectivity index (χ0v) is 19.1. The standard InChI is InChI=1S/C23H30N2O4S/c1-23(2,3)14-7-8-15-18(12-14)30-22(20(15)21(24)27)25-19(26)11-13-6-9-16(28-4)17(10-13)29-5/h6,9-10,14H,7-8,11-12H2,1-5H3,(H2,24,27)(H,25,26). The van der Waals surface area contributed by atoms with Crippen LogP contribution in [0.25, 0.3) is 0 Å². The van der Waals surface area contributed by atoms with Crippen LogP contribution < -0.4 is 20.5 Å². The van der Waals surface area contributed by atoms with Crippen LogP contribution in [0.5, 0.6) is 11.5 Å². The number of methoxy groups -OCH3 is 2. The van der Waals surface area contributed by atoms with Crippen molar-refractivity contribution in [2.45, 2.75) is 46.5 Å². The van der Waals surface area contributed by atoms with Crippen molar-refractivity contribution >= 4 is 28.2 Å². The molecule has 3 rings (SSSR count). The molecule has 0 spiro atoms. The highest BCUT2D eigenvalue weighted by Gasteiger charge is 2.33. The van der Waals surface area contributed by atoms with E-state index in [0.717, 1.165) is 35.3 Å². The second-order valence-electron chi connectivity index (χ2n) is 8.79. The molecule has 1 aromatic heterocycles. The van der Waals surface area contributed by atoms with Gasteiger partial charge in [0.2, 0.25) is 5.91 Å². The second-order valence-corrected chi connectivity index (χ2v) is 9.90. The summed E-state index contributed by atoms with van der Waals surface area (Å²) in [6.07, 6.45) is 2.91. The van der Waals surface area contributed by atoms with Crippen LogP contribution in [0.15, 0.2) is 18.2 Å². The van der Waals surface area contributed by atoms with Gasteiger partial charge in [-0.3, -0.25) is 9.59 Å². The van der Waals surface area contributed by atoms with E-state index in [1.165, 1.54) is 11.3 Å². The molecular formula is C23H30N2O4S. The molecule has 1 aliphatic rings. The number of thiophene rings is 1. The first-order valence-electron chi connectivity index (χ1n) is 10.1. The first kappa shape index (κ1) is 22.2. The fraction of sp³-hybridized carbons (Fsp3) is 0.478. The highest BCUT2D eigenvalue weighted by atomic mass is 32.1. The second kappa shape index (κ2) is 8.68. The summed E-state index contributed by atoms with van der Waals surface area (Å²) < 4.78 is 10.5. The van der Waals surface area contributed by atoms with Gasteiger partial charge in [-0.2, -0.15) is 0 Å². The SMILES string of the molecule is COc1ccc(CC(=O)Nc2sc3c(c2C(N)=O)CCC(C(C)(C)C)C3)cc1OC. The van der Waals surface area contributed by atoms with Crippen molar-refractivity contribution in [2.75, 3.05) is 19.5 Å². The third-order valence-corrected chi connectivity index (χ3v) is 6.97. The van der Waals surface area contributed by atoms with Crippen molar-refractivity contribution in [3.8, 4) is 11.5 Å². The number of carbonyl (C=O) groups excluding carboxylic acids is 2. The van der Waals surface area contributed by atoms with Gasteiger partial charge < -0.3 is 20.5 Å². The largest absolute Gasteiger partial charge is 0.493 e. The molecule has 1 aliphatic carbocycles. The van der Waals surface area contributed by atoms with Gasteiger partial charge in [-0.1, -0.05) is 26.8 Å². The van der Waals surface area contributed by atoms with Gasteiger partial charge in [-0.15, -0.1) is 11.3 Å². The topological polar surface area (TPSA) is 90.6 Å². The van der Waals surface area contributed by atoms with Crippen LogP contribution >= 0.6 is 11.3 Å². The summed E-state index contributed by atoms with van der Waals surface area (Å²) in [4.78, 5) is 26.1. The molecule has 0 fully saturated rings. The lowest BCUT2D eigenvalue weighted by Gasteiger charge is -2.33. The Morgan fingerprint density at radius 2 is 1.90 bits per heavy atom. The summed E-state index contributed by atoms with van der Waals surface area (Å²) in [6, 6.07) is 5.37. The Bertz CT molecular complexity index is 959. The maximum atomic E-state index is 12.7. The lowest BCUT2D eigenvalue weighted by Crippen LogP contribution is -2.27. The zero-order chi connectivity index (χ0) is 22.1. The molecule has 1 atom stereocenters. The number of hydrogen-bond donors (Lipinski definition) is 2. The van der Waals surface area contributed by atoms with Crippen molar-refractivity contribution in [1.82, 2.24) is 0 Å². The number of nitrogens with one attached hydrogen (secondary N) is 1. The lowest BCUT2D eigenvalue weighted by molar-refractivity contribution is -0.115. The number of nitrogens with two attached hydrogens (primary N) is 1. The van der Waals surface area contributed by atoms with E-state index in [1.807, 2.05) is 6.07 Å². The number of benzene rings is 1. The molecule has 0 saturated carbocycles. The molecule has 162 valence electrons. The number of amides is 2. The van der Waals surface area contributed by atoms with Crippen LogP contribution in [-0.4, -0.2) is 26.0 Å². The summed E-state index contributed by atoms with van der Waals surface area (Å²) in [5, 5.41) is 3.49. The van der Waals surface area contributed by atoms with Crippen LogP contribution in [0.1, 0.15) is 53.6 Å². The van der Waals surface area contributed by atoms with Crippen LogP contribution in [0.4, 0.5) is 5.00 Å². The molecule has 1 heterocycles. The van der Waals surface area contributed by atoms with Crippen molar-refractivity contribution in [2.24, 2.45) is 17.1 Å². The Balaban J connectivity index is 1.80. The van der Waals surface area contributed by atoms with E-state index >= 15 is 0 Å². The quantitative estimate of drug-likeness (QED) is 0.719. The molecule has 0 aliphatic heterocycles. The Morgan fingerprint density at radius 1 is 1.20 bits per heavy atom. The molecule has 7 heteroatoms. The minimum atomic E-state index is -0.483. The molecule has 2 aromatic rings. The number of hydrogen-bond acceptors (Lipinski definition) is 5. The Hall–Kier alpha value is -2.54. The number of primary amides is 1. The Labute approximate surface area is 181 Å². The fourth-order valence-corrected chi connectivity index (χ4v) is 5.37. The maximum Gasteiger partial charge on any atom is 0.251 e. The third kappa shape index (κ3) is 4.61. The maximum absolute atomic E-state index is 12.7. The minimum absolute atomic E-state index is 0.158. The van der Waals surface area contributed by atoms with E-state index in [-0.39, 0.29) is 17.7 Å². The van der Waals surface area contributed by atoms with Crippen molar-refractivity contribution < 1.29 is 19.1 Å². The van der Waals surface area contributed by atoms with Gasteiger partial charge in [0, 0.05) is 4.88 Å². The van der Waals surface area contributed by atoms with Gasteiger partial charge in [0.05, 0.1) is 26.2 Å². The number of ether oxygens (including phenoxy) is 2. The van der Waals surface area contributed by atoms with Crippen LogP contribution in [0.3, 0.4) is 0 Å². The molecule has 0 saturated heterocycles. The van der Waals surface area contributed by atoms with Crippen molar-refractivity contribution in [1.29, 1.82) is 0 Å². The molecule has 2 amide bonds. The predicted molar refractivity (Wildman–Crippen MR) is 120 cm³/mol. The molecular weight excluding hydrogens is 400 g/mol. The third-order valence-electron chi connectivity index (χ3n) is 5.80. The normalized spacial score (nSPS) is 16.0.